The molecule has 1 N–H and O–H groups in total. The van der Waals surface area contributed by atoms with Gasteiger partial charge >= 0.3 is 0 Å². The Morgan fingerprint density at radius 2 is 2.25 bits per heavy atom. The van der Waals surface area contributed by atoms with Gasteiger partial charge in [-0.25, -0.2) is 0 Å². The number of ether oxygens (including phenoxy) is 1. The molecule has 1 aromatic rings. The molecule has 2 nitrogen and oxygen atoms in total. The quantitative estimate of drug-likeness (QED) is 0.705. The summed E-state index contributed by atoms with van der Waals surface area (Å²) in [5.74, 6) is 1.37. The van der Waals surface area contributed by atoms with Crippen molar-refractivity contribution in [2.75, 3.05) is 6.61 Å². The first-order valence-electron chi connectivity index (χ1n) is 3.83. The summed E-state index contributed by atoms with van der Waals surface area (Å²) in [4.78, 5) is 0. The van der Waals surface area contributed by atoms with E-state index in [0.717, 1.165) is 5.56 Å². The van der Waals surface area contributed by atoms with E-state index in [0.29, 0.717) is 18.1 Å². The van der Waals surface area contributed by atoms with E-state index in [1.165, 1.54) is 0 Å². The summed E-state index contributed by atoms with van der Waals surface area (Å²) < 4.78 is 5.20. The van der Waals surface area contributed by atoms with Gasteiger partial charge in [-0.15, -0.1) is 0 Å². The van der Waals surface area contributed by atoms with Gasteiger partial charge in [-0.05, 0) is 24.6 Å². The Morgan fingerprint density at radius 1 is 1.50 bits per heavy atom. The zero-order valence-electron chi connectivity index (χ0n) is 6.95. The van der Waals surface area contributed by atoms with E-state index >= 15 is 0 Å². The summed E-state index contributed by atoms with van der Waals surface area (Å²) in [6.07, 6.45) is 0. The molecule has 0 heterocycles. The van der Waals surface area contributed by atoms with Crippen LogP contribution < -0.4 is 4.74 Å². The van der Waals surface area contributed by atoms with Gasteiger partial charge in [0, 0.05) is 5.75 Å². The normalized spacial score (nSPS) is 9.83. The summed E-state index contributed by atoms with van der Waals surface area (Å²) in [5, 5.41) is 9.31. The highest BCUT2D eigenvalue weighted by atomic mass is 32.1. The first kappa shape index (κ1) is 9.26. The SMILES string of the molecule is CCOc1cc(CS)ccc1O. The van der Waals surface area contributed by atoms with Crippen LogP contribution in [0.15, 0.2) is 18.2 Å². The second-order valence-corrected chi connectivity index (χ2v) is 2.71. The summed E-state index contributed by atoms with van der Waals surface area (Å²) in [7, 11) is 0. The van der Waals surface area contributed by atoms with Gasteiger partial charge in [0.25, 0.3) is 0 Å². The van der Waals surface area contributed by atoms with Crippen molar-refractivity contribution in [3.8, 4) is 11.5 Å². The van der Waals surface area contributed by atoms with E-state index in [4.69, 9.17) is 4.74 Å². The van der Waals surface area contributed by atoms with Crippen molar-refractivity contribution in [2.45, 2.75) is 12.7 Å². The molecule has 0 aromatic heterocycles. The number of benzene rings is 1. The Morgan fingerprint density at radius 3 is 2.83 bits per heavy atom. The van der Waals surface area contributed by atoms with E-state index in [9.17, 15) is 5.11 Å². The molecule has 3 heteroatoms. The van der Waals surface area contributed by atoms with Crippen LogP contribution in [-0.2, 0) is 5.75 Å². The van der Waals surface area contributed by atoms with Gasteiger partial charge in [0.05, 0.1) is 6.61 Å². The average Bonchev–Trinajstić information content (AvgIpc) is 2.09. The minimum absolute atomic E-state index is 0.183. The highest BCUT2D eigenvalue weighted by molar-refractivity contribution is 7.79. The lowest BCUT2D eigenvalue weighted by molar-refractivity contribution is 0.318. The van der Waals surface area contributed by atoms with Crippen LogP contribution >= 0.6 is 12.6 Å². The molecular formula is C9H12O2S. The average molecular weight is 184 g/mol. The minimum atomic E-state index is 0.183. The summed E-state index contributed by atoms with van der Waals surface area (Å²) >= 11 is 4.12. The topological polar surface area (TPSA) is 29.5 Å². The standard InChI is InChI=1S/C9H12O2S/c1-2-11-9-5-7(6-12)3-4-8(9)10/h3-5,10,12H,2,6H2,1H3. The maximum Gasteiger partial charge on any atom is 0.161 e. The van der Waals surface area contributed by atoms with E-state index in [1.54, 1.807) is 12.1 Å². The fourth-order valence-corrected chi connectivity index (χ4v) is 1.12. The van der Waals surface area contributed by atoms with Gasteiger partial charge in [0.1, 0.15) is 0 Å². The third-order valence-electron chi connectivity index (χ3n) is 1.51. The lowest BCUT2D eigenvalue weighted by atomic mass is 10.2. The molecule has 0 aliphatic carbocycles. The van der Waals surface area contributed by atoms with Gasteiger partial charge in [0.15, 0.2) is 11.5 Å². The maximum atomic E-state index is 9.31. The van der Waals surface area contributed by atoms with Crippen molar-refractivity contribution < 1.29 is 9.84 Å². The van der Waals surface area contributed by atoms with Crippen molar-refractivity contribution in [3.05, 3.63) is 23.8 Å². The number of phenols is 1. The van der Waals surface area contributed by atoms with Crippen molar-refractivity contribution >= 4 is 12.6 Å². The van der Waals surface area contributed by atoms with Gasteiger partial charge in [0.2, 0.25) is 0 Å². The lowest BCUT2D eigenvalue weighted by Gasteiger charge is -2.06. The third kappa shape index (κ3) is 2.08. The predicted octanol–water partition coefficient (Wildman–Crippen LogP) is 2.22. The molecule has 66 valence electrons. The smallest absolute Gasteiger partial charge is 0.161 e. The molecule has 0 saturated carbocycles. The van der Waals surface area contributed by atoms with Crippen molar-refractivity contribution in [2.24, 2.45) is 0 Å². The lowest BCUT2D eigenvalue weighted by Crippen LogP contribution is -1.92. The monoisotopic (exact) mass is 184 g/mol. The van der Waals surface area contributed by atoms with E-state index in [2.05, 4.69) is 12.6 Å². The van der Waals surface area contributed by atoms with Gasteiger partial charge in [-0.2, -0.15) is 12.6 Å². The fraction of sp³-hybridized carbons (Fsp3) is 0.333. The number of phenolic OH excluding ortho intramolecular Hbond substituents is 1. The maximum absolute atomic E-state index is 9.31. The number of hydrogen-bond acceptors (Lipinski definition) is 3. The second-order valence-electron chi connectivity index (χ2n) is 2.39. The van der Waals surface area contributed by atoms with Crippen LogP contribution in [0.25, 0.3) is 0 Å². The Bertz CT molecular complexity index is 261. The summed E-state index contributed by atoms with van der Waals surface area (Å²) in [6, 6.07) is 5.24. The van der Waals surface area contributed by atoms with Crippen LogP contribution in [0.1, 0.15) is 12.5 Å². The van der Waals surface area contributed by atoms with E-state index in [1.807, 2.05) is 13.0 Å². The van der Waals surface area contributed by atoms with Crippen LogP contribution in [0.3, 0.4) is 0 Å². The molecule has 12 heavy (non-hydrogen) atoms. The molecule has 1 aromatic carbocycles. The molecular weight excluding hydrogens is 172 g/mol. The third-order valence-corrected chi connectivity index (χ3v) is 1.87. The van der Waals surface area contributed by atoms with Crippen LogP contribution in [0, 0.1) is 0 Å². The predicted molar refractivity (Wildman–Crippen MR) is 52.0 cm³/mol. The van der Waals surface area contributed by atoms with Crippen molar-refractivity contribution in [1.29, 1.82) is 0 Å². The molecule has 0 aliphatic rings. The first-order chi connectivity index (χ1) is 5.77. The molecule has 0 unspecified atom stereocenters. The summed E-state index contributed by atoms with van der Waals surface area (Å²) in [6.45, 7) is 2.44. The number of thiol groups is 1. The van der Waals surface area contributed by atoms with Crippen LogP contribution in [-0.4, -0.2) is 11.7 Å². The van der Waals surface area contributed by atoms with Gasteiger partial charge in [-0.3, -0.25) is 0 Å². The van der Waals surface area contributed by atoms with E-state index in [-0.39, 0.29) is 5.75 Å². The zero-order valence-corrected chi connectivity index (χ0v) is 7.84. The number of hydrogen-bond donors (Lipinski definition) is 2. The highest BCUT2D eigenvalue weighted by Gasteiger charge is 2.01. The fourth-order valence-electron chi connectivity index (χ4n) is 0.928. The second kappa shape index (κ2) is 4.26. The molecule has 0 saturated heterocycles. The minimum Gasteiger partial charge on any atom is -0.504 e. The van der Waals surface area contributed by atoms with Crippen LogP contribution in [0.4, 0.5) is 0 Å². The molecule has 0 aliphatic heterocycles. The number of rotatable bonds is 3. The van der Waals surface area contributed by atoms with Crippen molar-refractivity contribution in [3.63, 3.8) is 0 Å². The highest BCUT2D eigenvalue weighted by Crippen LogP contribution is 2.27. The first-order valence-corrected chi connectivity index (χ1v) is 4.46. The van der Waals surface area contributed by atoms with Gasteiger partial charge < -0.3 is 9.84 Å². The van der Waals surface area contributed by atoms with E-state index < -0.39 is 0 Å². The zero-order chi connectivity index (χ0) is 8.97. The van der Waals surface area contributed by atoms with Gasteiger partial charge in [-0.1, -0.05) is 6.07 Å². The molecule has 0 atom stereocenters. The van der Waals surface area contributed by atoms with Crippen LogP contribution in [0.2, 0.25) is 0 Å². The Kier molecular flexibility index (Phi) is 3.29. The molecule has 0 fully saturated rings. The molecule has 0 amide bonds. The number of aromatic hydroxyl groups is 1. The Labute approximate surface area is 77.6 Å². The summed E-state index contributed by atoms with van der Waals surface area (Å²) in [5.41, 5.74) is 1.04. The Balaban J connectivity index is 2.91. The van der Waals surface area contributed by atoms with Crippen LogP contribution in [0.5, 0.6) is 11.5 Å². The molecule has 0 bridgehead atoms. The largest absolute Gasteiger partial charge is 0.504 e. The Hall–Kier alpha value is -0.830. The molecule has 0 radical (unpaired) electrons. The molecule has 0 spiro atoms. The molecule has 1 rings (SSSR count). The van der Waals surface area contributed by atoms with Crippen molar-refractivity contribution in [1.82, 2.24) is 0 Å².